The predicted molar refractivity (Wildman–Crippen MR) is 66.2 cm³/mol. The zero-order chi connectivity index (χ0) is 12.7. The Hall–Kier alpha value is -1.38. The summed E-state index contributed by atoms with van der Waals surface area (Å²) in [6.45, 7) is 3.85. The fourth-order valence-corrected chi connectivity index (χ4v) is 1.77. The Morgan fingerprint density at radius 1 is 1.06 bits per heavy atom. The number of carbonyl (C=O) groups is 2. The molecule has 0 amide bonds. The van der Waals surface area contributed by atoms with Gasteiger partial charge >= 0.3 is 11.9 Å². The number of rotatable bonds is 6. The van der Waals surface area contributed by atoms with Gasteiger partial charge in [-0.15, -0.1) is 0 Å². The summed E-state index contributed by atoms with van der Waals surface area (Å²) in [5.74, 6) is -1.35. The van der Waals surface area contributed by atoms with Crippen LogP contribution < -0.4 is 0 Å². The summed E-state index contributed by atoms with van der Waals surface area (Å²) in [6.07, 6.45) is 12.0. The minimum atomic E-state index is -0.390. The zero-order valence-electron chi connectivity index (χ0n) is 10.5. The highest BCUT2D eigenvalue weighted by atomic mass is 16.6. The SMILES string of the molecule is CCC=CCCC=CCC1C(=O)OC(=O)C1C. The van der Waals surface area contributed by atoms with E-state index in [1.807, 2.05) is 6.08 Å². The average molecular weight is 236 g/mol. The number of cyclic esters (lactones) is 2. The minimum absolute atomic E-state index is 0.287. The van der Waals surface area contributed by atoms with Gasteiger partial charge in [0, 0.05) is 0 Å². The van der Waals surface area contributed by atoms with E-state index in [1.54, 1.807) is 6.92 Å². The molecule has 1 rings (SSSR count). The second kappa shape index (κ2) is 7.05. The lowest BCUT2D eigenvalue weighted by Crippen LogP contribution is -2.13. The van der Waals surface area contributed by atoms with Crippen molar-refractivity contribution < 1.29 is 14.3 Å². The molecule has 94 valence electrons. The number of hydrogen-bond donors (Lipinski definition) is 0. The van der Waals surface area contributed by atoms with Crippen LogP contribution in [0.2, 0.25) is 0 Å². The largest absolute Gasteiger partial charge is 0.393 e. The molecule has 1 aliphatic heterocycles. The summed E-state index contributed by atoms with van der Waals surface area (Å²) in [7, 11) is 0. The van der Waals surface area contributed by atoms with Crippen molar-refractivity contribution in [2.45, 2.75) is 39.5 Å². The summed E-state index contributed by atoms with van der Waals surface area (Å²) in [6, 6.07) is 0. The highest BCUT2D eigenvalue weighted by Gasteiger charge is 2.40. The molecular formula is C14H20O3. The quantitative estimate of drug-likeness (QED) is 0.308. The Morgan fingerprint density at radius 2 is 1.71 bits per heavy atom. The van der Waals surface area contributed by atoms with Gasteiger partial charge in [-0.25, -0.2) is 0 Å². The van der Waals surface area contributed by atoms with Crippen LogP contribution >= 0.6 is 0 Å². The van der Waals surface area contributed by atoms with Crippen LogP contribution in [0.1, 0.15) is 39.5 Å². The first-order valence-corrected chi connectivity index (χ1v) is 6.22. The van der Waals surface area contributed by atoms with Gasteiger partial charge in [0.05, 0.1) is 11.8 Å². The first-order chi connectivity index (χ1) is 8.16. The lowest BCUT2D eigenvalue weighted by Gasteiger charge is -2.04. The van der Waals surface area contributed by atoms with Crippen molar-refractivity contribution >= 4 is 11.9 Å². The van der Waals surface area contributed by atoms with Crippen LogP contribution in [-0.2, 0) is 14.3 Å². The molecule has 1 heterocycles. The van der Waals surface area contributed by atoms with Crippen LogP contribution in [0.3, 0.4) is 0 Å². The minimum Gasteiger partial charge on any atom is -0.393 e. The second-order valence-corrected chi connectivity index (χ2v) is 4.30. The van der Waals surface area contributed by atoms with E-state index >= 15 is 0 Å². The third-order valence-electron chi connectivity index (χ3n) is 2.94. The third kappa shape index (κ3) is 4.17. The van der Waals surface area contributed by atoms with Crippen molar-refractivity contribution in [3.63, 3.8) is 0 Å². The van der Waals surface area contributed by atoms with Crippen molar-refractivity contribution in [3.05, 3.63) is 24.3 Å². The first kappa shape index (κ1) is 13.7. The molecule has 0 bridgehead atoms. The van der Waals surface area contributed by atoms with Crippen molar-refractivity contribution in [2.24, 2.45) is 11.8 Å². The van der Waals surface area contributed by atoms with Crippen LogP contribution in [0, 0.1) is 11.8 Å². The Balaban J connectivity index is 2.26. The summed E-state index contributed by atoms with van der Waals surface area (Å²) in [5.41, 5.74) is 0. The monoisotopic (exact) mass is 236 g/mol. The smallest absolute Gasteiger partial charge is 0.317 e. The molecule has 0 aromatic heterocycles. The van der Waals surface area contributed by atoms with E-state index in [-0.39, 0.29) is 23.8 Å². The van der Waals surface area contributed by atoms with E-state index in [2.05, 4.69) is 29.9 Å². The first-order valence-electron chi connectivity index (χ1n) is 6.22. The van der Waals surface area contributed by atoms with Gasteiger partial charge in [0.25, 0.3) is 0 Å². The number of unbranched alkanes of at least 4 members (excludes halogenated alkanes) is 1. The maximum absolute atomic E-state index is 11.3. The van der Waals surface area contributed by atoms with E-state index < -0.39 is 0 Å². The normalized spacial score (nSPS) is 25.1. The Labute approximate surface area is 103 Å². The maximum Gasteiger partial charge on any atom is 0.317 e. The molecule has 0 spiro atoms. The molecule has 0 aromatic rings. The van der Waals surface area contributed by atoms with E-state index in [0.717, 1.165) is 19.3 Å². The molecule has 0 aliphatic carbocycles. The zero-order valence-corrected chi connectivity index (χ0v) is 10.5. The van der Waals surface area contributed by atoms with Crippen molar-refractivity contribution in [2.75, 3.05) is 0 Å². The Bertz CT molecular complexity index is 328. The summed E-state index contributed by atoms with van der Waals surface area (Å²) in [5, 5.41) is 0. The summed E-state index contributed by atoms with van der Waals surface area (Å²) >= 11 is 0. The molecule has 17 heavy (non-hydrogen) atoms. The van der Waals surface area contributed by atoms with Crippen molar-refractivity contribution in [1.82, 2.24) is 0 Å². The predicted octanol–water partition coefficient (Wildman–Crippen LogP) is 3.01. The fourth-order valence-electron chi connectivity index (χ4n) is 1.77. The molecule has 0 saturated carbocycles. The van der Waals surface area contributed by atoms with E-state index in [1.165, 1.54) is 0 Å². The number of esters is 2. The topological polar surface area (TPSA) is 43.4 Å². The highest BCUT2D eigenvalue weighted by molar-refractivity contribution is 5.96. The lowest BCUT2D eigenvalue weighted by atomic mass is 9.93. The van der Waals surface area contributed by atoms with E-state index in [0.29, 0.717) is 6.42 Å². The van der Waals surface area contributed by atoms with Gasteiger partial charge < -0.3 is 4.74 Å². The molecule has 0 radical (unpaired) electrons. The third-order valence-corrected chi connectivity index (χ3v) is 2.94. The molecule has 1 fully saturated rings. The molecule has 0 aromatic carbocycles. The number of carbonyl (C=O) groups excluding carboxylic acids is 2. The Morgan fingerprint density at radius 3 is 2.24 bits per heavy atom. The van der Waals surface area contributed by atoms with Crippen LogP contribution in [0.5, 0.6) is 0 Å². The van der Waals surface area contributed by atoms with Gasteiger partial charge in [-0.3, -0.25) is 9.59 Å². The molecule has 0 N–H and O–H groups in total. The summed E-state index contributed by atoms with van der Waals surface area (Å²) in [4.78, 5) is 22.4. The number of hydrogen-bond acceptors (Lipinski definition) is 3. The molecule has 1 saturated heterocycles. The number of ether oxygens (including phenoxy) is 1. The van der Waals surface area contributed by atoms with Crippen LogP contribution in [0.4, 0.5) is 0 Å². The average Bonchev–Trinajstić information content (AvgIpc) is 2.54. The van der Waals surface area contributed by atoms with Gasteiger partial charge in [0.15, 0.2) is 0 Å². The second-order valence-electron chi connectivity index (χ2n) is 4.30. The van der Waals surface area contributed by atoms with E-state index in [9.17, 15) is 9.59 Å². The molecular weight excluding hydrogens is 216 g/mol. The van der Waals surface area contributed by atoms with Crippen LogP contribution in [-0.4, -0.2) is 11.9 Å². The lowest BCUT2D eigenvalue weighted by molar-refractivity contribution is -0.153. The molecule has 3 nitrogen and oxygen atoms in total. The van der Waals surface area contributed by atoms with Gasteiger partial charge in [-0.05, 0) is 25.7 Å². The molecule has 3 heteroatoms. The Kier molecular flexibility index (Phi) is 5.67. The number of allylic oxidation sites excluding steroid dienone is 4. The summed E-state index contributed by atoms with van der Waals surface area (Å²) < 4.78 is 4.57. The fraction of sp³-hybridized carbons (Fsp3) is 0.571. The van der Waals surface area contributed by atoms with E-state index in [4.69, 9.17) is 0 Å². The van der Waals surface area contributed by atoms with Crippen LogP contribution in [0.25, 0.3) is 0 Å². The van der Waals surface area contributed by atoms with Crippen LogP contribution in [0.15, 0.2) is 24.3 Å². The molecule has 2 unspecified atom stereocenters. The van der Waals surface area contributed by atoms with Crippen molar-refractivity contribution in [3.8, 4) is 0 Å². The van der Waals surface area contributed by atoms with Gasteiger partial charge in [-0.2, -0.15) is 0 Å². The van der Waals surface area contributed by atoms with Crippen molar-refractivity contribution in [1.29, 1.82) is 0 Å². The van der Waals surface area contributed by atoms with Gasteiger partial charge in [0.1, 0.15) is 0 Å². The van der Waals surface area contributed by atoms with Gasteiger partial charge in [0.2, 0.25) is 0 Å². The highest BCUT2D eigenvalue weighted by Crippen LogP contribution is 2.26. The molecule has 2 atom stereocenters. The standard InChI is InChI=1S/C14H20O3/c1-3-4-5-6-7-8-9-10-12-11(2)13(15)17-14(12)16/h4-5,8-9,11-12H,3,6-7,10H2,1-2H3. The molecule has 1 aliphatic rings. The maximum atomic E-state index is 11.3. The van der Waals surface area contributed by atoms with Gasteiger partial charge in [-0.1, -0.05) is 38.2 Å².